The van der Waals surface area contributed by atoms with Gasteiger partial charge < -0.3 is 19.9 Å². The number of carbonyl (C=O) groups is 1. The number of ether oxygens (including phenoxy) is 1. The molecule has 1 amide bonds. The van der Waals surface area contributed by atoms with Crippen LogP contribution in [-0.2, 0) is 4.79 Å². The minimum absolute atomic E-state index is 0.0499. The molecule has 2 saturated heterocycles. The molecule has 30 heavy (non-hydrogen) atoms. The first-order valence-corrected chi connectivity index (χ1v) is 12.3. The van der Waals surface area contributed by atoms with Crippen LogP contribution in [-0.4, -0.2) is 61.7 Å². The number of piperidine rings is 1. The van der Waals surface area contributed by atoms with Crippen molar-refractivity contribution in [2.45, 2.75) is 45.4 Å². The molecule has 6 nitrogen and oxygen atoms in total. The summed E-state index contributed by atoms with van der Waals surface area (Å²) < 4.78 is 6.75. The molecule has 4 rings (SSSR count). The van der Waals surface area contributed by atoms with Crippen LogP contribution >= 0.6 is 11.3 Å². The van der Waals surface area contributed by atoms with E-state index < -0.39 is 0 Å². The van der Waals surface area contributed by atoms with Gasteiger partial charge in [-0.1, -0.05) is 24.2 Å². The Morgan fingerprint density at radius 2 is 2.03 bits per heavy atom. The molecular formula is C23H34N4O2S. The van der Waals surface area contributed by atoms with Crippen LogP contribution in [0.15, 0.2) is 18.2 Å². The van der Waals surface area contributed by atoms with Gasteiger partial charge in [0.1, 0.15) is 5.75 Å². The molecule has 1 atom stereocenters. The van der Waals surface area contributed by atoms with E-state index in [-0.39, 0.29) is 11.8 Å². The number of hydrogen-bond donors (Lipinski definition) is 1. The Morgan fingerprint density at radius 1 is 1.20 bits per heavy atom. The average Bonchev–Trinajstić information content (AvgIpc) is 3.02. The monoisotopic (exact) mass is 430 g/mol. The summed E-state index contributed by atoms with van der Waals surface area (Å²) in [5, 5.41) is 4.21. The number of thiazole rings is 1. The minimum Gasteiger partial charge on any atom is -0.494 e. The van der Waals surface area contributed by atoms with E-state index >= 15 is 0 Å². The van der Waals surface area contributed by atoms with E-state index in [0.717, 1.165) is 60.1 Å². The van der Waals surface area contributed by atoms with Crippen LogP contribution in [0.2, 0.25) is 0 Å². The van der Waals surface area contributed by atoms with Gasteiger partial charge in [-0.15, -0.1) is 0 Å². The maximum Gasteiger partial charge on any atom is 0.224 e. The fourth-order valence-electron chi connectivity index (χ4n) is 4.49. The average molecular weight is 431 g/mol. The lowest BCUT2D eigenvalue weighted by Gasteiger charge is -2.32. The van der Waals surface area contributed by atoms with E-state index in [9.17, 15) is 4.79 Å². The first-order chi connectivity index (χ1) is 14.7. The first kappa shape index (κ1) is 21.4. The van der Waals surface area contributed by atoms with Gasteiger partial charge in [-0.2, -0.15) is 0 Å². The van der Waals surface area contributed by atoms with Crippen LogP contribution in [0.1, 0.15) is 45.4 Å². The molecule has 2 aliphatic heterocycles. The standard InChI is InChI=1S/C23H34N4O2S/c1-2-29-19-9-10-20-21(16-19)30-23(25-20)27-14-7-8-18(17-27)22(28)24-11-15-26-12-5-3-4-6-13-26/h9-10,16,18H,2-8,11-15,17H2,1H3,(H,24,28)/t18-/m0/s1. The highest BCUT2D eigenvalue weighted by atomic mass is 32.1. The van der Waals surface area contributed by atoms with Crippen molar-refractivity contribution in [3.05, 3.63) is 18.2 Å². The summed E-state index contributed by atoms with van der Waals surface area (Å²) in [4.78, 5) is 22.4. The van der Waals surface area contributed by atoms with Gasteiger partial charge in [0.25, 0.3) is 0 Å². The second kappa shape index (κ2) is 10.4. The summed E-state index contributed by atoms with van der Waals surface area (Å²) in [7, 11) is 0. The second-order valence-corrected chi connectivity index (χ2v) is 9.40. The Morgan fingerprint density at radius 3 is 2.83 bits per heavy atom. The molecule has 0 unspecified atom stereocenters. The van der Waals surface area contributed by atoms with Crippen LogP contribution in [0, 0.1) is 5.92 Å². The number of fused-ring (bicyclic) bond motifs is 1. The summed E-state index contributed by atoms with van der Waals surface area (Å²) in [6.45, 7) is 8.47. The van der Waals surface area contributed by atoms with E-state index in [0.29, 0.717) is 6.61 Å². The molecule has 3 heterocycles. The summed E-state index contributed by atoms with van der Waals surface area (Å²) in [6, 6.07) is 6.07. The summed E-state index contributed by atoms with van der Waals surface area (Å²) in [5.74, 6) is 1.14. The fraction of sp³-hybridized carbons (Fsp3) is 0.652. The van der Waals surface area contributed by atoms with Gasteiger partial charge in [0.05, 0.1) is 22.7 Å². The molecule has 2 aliphatic rings. The molecule has 1 aromatic heterocycles. The number of nitrogens with zero attached hydrogens (tertiary/aromatic N) is 3. The highest BCUT2D eigenvalue weighted by Crippen LogP contribution is 2.33. The smallest absolute Gasteiger partial charge is 0.224 e. The Balaban J connectivity index is 1.31. The normalized spacial score (nSPS) is 20.8. The van der Waals surface area contributed by atoms with Crippen molar-refractivity contribution in [2.24, 2.45) is 5.92 Å². The van der Waals surface area contributed by atoms with Gasteiger partial charge in [0.15, 0.2) is 5.13 Å². The molecule has 0 bridgehead atoms. The van der Waals surface area contributed by atoms with E-state index in [2.05, 4.69) is 21.2 Å². The van der Waals surface area contributed by atoms with Crippen LogP contribution < -0.4 is 15.0 Å². The summed E-state index contributed by atoms with van der Waals surface area (Å²) >= 11 is 1.69. The summed E-state index contributed by atoms with van der Waals surface area (Å²) in [5.41, 5.74) is 1.00. The quantitative estimate of drug-likeness (QED) is 0.722. The van der Waals surface area contributed by atoms with E-state index in [1.807, 2.05) is 19.1 Å². The number of amides is 1. The molecule has 2 fully saturated rings. The molecular weight excluding hydrogens is 396 g/mol. The van der Waals surface area contributed by atoms with Crippen molar-refractivity contribution in [1.82, 2.24) is 15.2 Å². The Hall–Kier alpha value is -1.86. The molecule has 0 saturated carbocycles. The largest absolute Gasteiger partial charge is 0.494 e. The lowest BCUT2D eigenvalue weighted by molar-refractivity contribution is -0.125. The third-order valence-corrected chi connectivity index (χ3v) is 7.23. The zero-order chi connectivity index (χ0) is 20.8. The molecule has 1 aromatic carbocycles. The van der Waals surface area contributed by atoms with Gasteiger partial charge in [0, 0.05) is 26.2 Å². The molecule has 0 radical (unpaired) electrons. The van der Waals surface area contributed by atoms with E-state index in [1.165, 1.54) is 38.8 Å². The maximum atomic E-state index is 12.8. The van der Waals surface area contributed by atoms with Gasteiger partial charge >= 0.3 is 0 Å². The molecule has 0 aliphatic carbocycles. The minimum atomic E-state index is 0.0499. The van der Waals surface area contributed by atoms with Crippen molar-refractivity contribution in [1.29, 1.82) is 0 Å². The predicted octanol–water partition coefficient (Wildman–Crippen LogP) is 3.90. The number of likely N-dealkylation sites (tertiary alicyclic amines) is 1. The molecule has 7 heteroatoms. The van der Waals surface area contributed by atoms with Crippen LogP contribution in [0.5, 0.6) is 5.75 Å². The van der Waals surface area contributed by atoms with Crippen LogP contribution in [0.3, 0.4) is 0 Å². The molecule has 2 aromatic rings. The SMILES string of the molecule is CCOc1ccc2nc(N3CCC[C@H](C(=O)NCCN4CCCCCC4)C3)sc2c1. The zero-order valence-corrected chi connectivity index (χ0v) is 18.9. The predicted molar refractivity (Wildman–Crippen MR) is 124 cm³/mol. The summed E-state index contributed by atoms with van der Waals surface area (Å²) in [6.07, 6.45) is 7.27. The number of rotatable bonds is 7. The maximum absolute atomic E-state index is 12.8. The number of nitrogens with one attached hydrogen (secondary N) is 1. The van der Waals surface area contributed by atoms with Gasteiger partial charge in [0.2, 0.25) is 5.91 Å². The number of anilines is 1. The number of carbonyl (C=O) groups excluding carboxylic acids is 1. The Labute approximate surface area is 183 Å². The van der Waals surface area contributed by atoms with Crippen LogP contribution in [0.25, 0.3) is 10.2 Å². The zero-order valence-electron chi connectivity index (χ0n) is 18.1. The number of aromatic nitrogens is 1. The van der Waals surface area contributed by atoms with Gasteiger partial charge in [-0.25, -0.2) is 4.98 Å². The lowest BCUT2D eigenvalue weighted by Crippen LogP contribution is -2.44. The third kappa shape index (κ3) is 5.43. The highest BCUT2D eigenvalue weighted by Gasteiger charge is 2.27. The second-order valence-electron chi connectivity index (χ2n) is 8.39. The van der Waals surface area contributed by atoms with E-state index in [4.69, 9.17) is 9.72 Å². The van der Waals surface area contributed by atoms with Gasteiger partial charge in [-0.05, 0) is 63.9 Å². The lowest BCUT2D eigenvalue weighted by atomic mass is 9.97. The van der Waals surface area contributed by atoms with Crippen molar-refractivity contribution < 1.29 is 9.53 Å². The third-order valence-electron chi connectivity index (χ3n) is 6.15. The molecule has 1 N–H and O–H groups in total. The highest BCUT2D eigenvalue weighted by molar-refractivity contribution is 7.22. The fourth-order valence-corrected chi connectivity index (χ4v) is 5.52. The first-order valence-electron chi connectivity index (χ1n) is 11.5. The Bertz CT molecular complexity index is 832. The van der Waals surface area contributed by atoms with E-state index in [1.54, 1.807) is 11.3 Å². The van der Waals surface area contributed by atoms with Crippen molar-refractivity contribution in [3.8, 4) is 5.75 Å². The topological polar surface area (TPSA) is 57.7 Å². The van der Waals surface area contributed by atoms with Crippen molar-refractivity contribution in [3.63, 3.8) is 0 Å². The number of hydrogen-bond acceptors (Lipinski definition) is 6. The molecule has 164 valence electrons. The van der Waals surface area contributed by atoms with Crippen LogP contribution in [0.4, 0.5) is 5.13 Å². The van der Waals surface area contributed by atoms with Gasteiger partial charge in [-0.3, -0.25) is 4.79 Å². The molecule has 0 spiro atoms. The van der Waals surface area contributed by atoms with Crippen molar-refractivity contribution in [2.75, 3.05) is 50.8 Å². The number of benzene rings is 1. The Kier molecular flexibility index (Phi) is 7.44. The van der Waals surface area contributed by atoms with Crippen molar-refractivity contribution >= 4 is 32.6 Å².